The Bertz CT molecular complexity index is 668. The van der Waals surface area contributed by atoms with Gasteiger partial charge in [-0.1, -0.05) is 54.6 Å². The van der Waals surface area contributed by atoms with Gasteiger partial charge in [-0.25, -0.2) is 4.98 Å². The van der Waals surface area contributed by atoms with Crippen LogP contribution in [0.4, 0.5) is 0 Å². The second-order valence-electron chi connectivity index (χ2n) is 4.72. The summed E-state index contributed by atoms with van der Waals surface area (Å²) in [4.78, 5) is 4.48. The fourth-order valence-electron chi connectivity index (χ4n) is 2.19. The van der Waals surface area contributed by atoms with E-state index < -0.39 is 0 Å². The third kappa shape index (κ3) is 2.58. The largest absolute Gasteiger partial charge is 0.332 e. The summed E-state index contributed by atoms with van der Waals surface area (Å²) in [5.41, 5.74) is 4.83. The minimum Gasteiger partial charge on any atom is -0.332 e. The fourth-order valence-corrected chi connectivity index (χ4v) is 2.19. The molecule has 0 aliphatic carbocycles. The Morgan fingerprint density at radius 2 is 1.68 bits per heavy atom. The van der Waals surface area contributed by atoms with E-state index in [9.17, 15) is 0 Å². The molecule has 0 saturated carbocycles. The van der Waals surface area contributed by atoms with Crippen LogP contribution < -0.4 is 0 Å². The van der Waals surface area contributed by atoms with Crippen LogP contribution >= 0.6 is 0 Å². The maximum Gasteiger partial charge on any atom is 0.0956 e. The van der Waals surface area contributed by atoms with E-state index >= 15 is 0 Å². The molecule has 2 heteroatoms. The molecule has 2 nitrogen and oxygen atoms in total. The van der Waals surface area contributed by atoms with Crippen LogP contribution in [0.3, 0.4) is 0 Å². The molecule has 0 N–H and O–H groups in total. The lowest BCUT2D eigenvalue weighted by molar-refractivity contribution is 0.792. The Hall–Kier alpha value is -2.35. The molecule has 1 aromatic heterocycles. The molecule has 0 fully saturated rings. The Kier molecular flexibility index (Phi) is 3.15. The predicted molar refractivity (Wildman–Crippen MR) is 77.9 cm³/mol. The van der Waals surface area contributed by atoms with Crippen LogP contribution in [0.2, 0.25) is 0 Å². The highest BCUT2D eigenvalue weighted by Crippen LogP contribution is 2.17. The summed E-state index contributed by atoms with van der Waals surface area (Å²) in [5.74, 6) is 0. The third-order valence-electron chi connectivity index (χ3n) is 3.32. The lowest BCUT2D eigenvalue weighted by atomic mass is 10.1. The molecule has 2 aromatic carbocycles. The maximum atomic E-state index is 4.48. The number of benzene rings is 2. The summed E-state index contributed by atoms with van der Waals surface area (Å²) in [7, 11) is 0. The zero-order valence-electron chi connectivity index (χ0n) is 11.0. The van der Waals surface area contributed by atoms with E-state index in [0.29, 0.717) is 0 Å². The number of aryl methyl sites for hydroxylation is 1. The zero-order chi connectivity index (χ0) is 13.1. The van der Waals surface area contributed by atoms with Gasteiger partial charge in [-0.3, -0.25) is 0 Å². The Morgan fingerprint density at radius 1 is 0.947 bits per heavy atom. The minimum atomic E-state index is 0.868. The SMILES string of the molecule is Cc1ccccc1Cn1cnc(-c2ccccc2)c1. The Morgan fingerprint density at radius 3 is 2.47 bits per heavy atom. The van der Waals surface area contributed by atoms with Gasteiger partial charge in [0.05, 0.1) is 12.0 Å². The molecule has 19 heavy (non-hydrogen) atoms. The Labute approximate surface area is 113 Å². The van der Waals surface area contributed by atoms with Crippen LogP contribution in [0.5, 0.6) is 0 Å². The van der Waals surface area contributed by atoms with Gasteiger partial charge in [0.25, 0.3) is 0 Å². The highest BCUT2D eigenvalue weighted by Gasteiger charge is 2.03. The van der Waals surface area contributed by atoms with E-state index in [0.717, 1.165) is 17.8 Å². The number of hydrogen-bond donors (Lipinski definition) is 0. The smallest absolute Gasteiger partial charge is 0.0956 e. The molecule has 0 atom stereocenters. The van der Waals surface area contributed by atoms with E-state index in [-0.39, 0.29) is 0 Å². The number of nitrogens with zero attached hydrogens (tertiary/aromatic N) is 2. The van der Waals surface area contributed by atoms with Gasteiger partial charge in [0, 0.05) is 18.3 Å². The molecule has 0 amide bonds. The minimum absolute atomic E-state index is 0.868. The van der Waals surface area contributed by atoms with Gasteiger partial charge in [-0.2, -0.15) is 0 Å². The van der Waals surface area contributed by atoms with E-state index in [4.69, 9.17) is 0 Å². The van der Waals surface area contributed by atoms with Crippen LogP contribution in [0.25, 0.3) is 11.3 Å². The van der Waals surface area contributed by atoms with Crippen molar-refractivity contribution in [2.24, 2.45) is 0 Å². The van der Waals surface area contributed by atoms with Crippen molar-refractivity contribution in [1.29, 1.82) is 0 Å². The molecular formula is C17H16N2. The van der Waals surface area contributed by atoms with E-state index in [1.165, 1.54) is 11.1 Å². The topological polar surface area (TPSA) is 17.8 Å². The first-order valence-electron chi connectivity index (χ1n) is 6.44. The van der Waals surface area contributed by atoms with Crippen molar-refractivity contribution in [2.75, 3.05) is 0 Å². The van der Waals surface area contributed by atoms with Crippen LogP contribution in [0.1, 0.15) is 11.1 Å². The molecule has 0 bridgehead atoms. The highest BCUT2D eigenvalue weighted by molar-refractivity contribution is 5.57. The Balaban J connectivity index is 1.85. The third-order valence-corrected chi connectivity index (χ3v) is 3.32. The molecule has 1 heterocycles. The average Bonchev–Trinajstić information content (AvgIpc) is 2.91. The van der Waals surface area contributed by atoms with Crippen LogP contribution in [0, 0.1) is 6.92 Å². The summed E-state index contributed by atoms with van der Waals surface area (Å²) in [6.07, 6.45) is 4.00. The molecule has 0 aliphatic rings. The number of hydrogen-bond acceptors (Lipinski definition) is 1. The second-order valence-corrected chi connectivity index (χ2v) is 4.72. The summed E-state index contributed by atoms with van der Waals surface area (Å²) < 4.78 is 2.13. The van der Waals surface area contributed by atoms with E-state index in [1.54, 1.807) is 0 Å². The van der Waals surface area contributed by atoms with Crippen molar-refractivity contribution < 1.29 is 0 Å². The van der Waals surface area contributed by atoms with Gasteiger partial charge in [0.2, 0.25) is 0 Å². The molecule has 0 aliphatic heterocycles. The van der Waals surface area contributed by atoms with Gasteiger partial charge >= 0.3 is 0 Å². The van der Waals surface area contributed by atoms with Gasteiger partial charge in [-0.05, 0) is 18.1 Å². The molecule has 0 saturated heterocycles. The lowest BCUT2D eigenvalue weighted by Gasteiger charge is -2.05. The van der Waals surface area contributed by atoms with Crippen LogP contribution in [0.15, 0.2) is 67.1 Å². The summed E-state index contributed by atoms with van der Waals surface area (Å²) in [5, 5.41) is 0. The first-order valence-corrected chi connectivity index (χ1v) is 6.44. The van der Waals surface area contributed by atoms with Crippen LogP contribution in [-0.4, -0.2) is 9.55 Å². The molecule has 94 valence electrons. The average molecular weight is 248 g/mol. The maximum absolute atomic E-state index is 4.48. The summed E-state index contributed by atoms with van der Waals surface area (Å²) >= 11 is 0. The van der Waals surface area contributed by atoms with Gasteiger partial charge in [0.1, 0.15) is 0 Å². The van der Waals surface area contributed by atoms with E-state index in [2.05, 4.69) is 59.1 Å². The quantitative estimate of drug-likeness (QED) is 0.687. The number of aromatic nitrogens is 2. The van der Waals surface area contributed by atoms with Crippen molar-refractivity contribution in [3.8, 4) is 11.3 Å². The monoisotopic (exact) mass is 248 g/mol. The van der Waals surface area contributed by atoms with Crippen LogP contribution in [-0.2, 0) is 6.54 Å². The number of imidazole rings is 1. The molecule has 0 radical (unpaired) electrons. The predicted octanol–water partition coefficient (Wildman–Crippen LogP) is 3.91. The van der Waals surface area contributed by atoms with Crippen molar-refractivity contribution in [1.82, 2.24) is 9.55 Å². The molecule has 0 spiro atoms. The van der Waals surface area contributed by atoms with Gasteiger partial charge in [0.15, 0.2) is 0 Å². The van der Waals surface area contributed by atoms with Crippen molar-refractivity contribution in [3.63, 3.8) is 0 Å². The lowest BCUT2D eigenvalue weighted by Crippen LogP contribution is -1.98. The van der Waals surface area contributed by atoms with Crippen molar-refractivity contribution >= 4 is 0 Å². The number of rotatable bonds is 3. The molecule has 3 aromatic rings. The van der Waals surface area contributed by atoms with E-state index in [1.807, 2.05) is 24.5 Å². The fraction of sp³-hybridized carbons (Fsp3) is 0.118. The van der Waals surface area contributed by atoms with Crippen molar-refractivity contribution in [3.05, 3.63) is 78.2 Å². The zero-order valence-corrected chi connectivity index (χ0v) is 11.0. The molecular weight excluding hydrogens is 232 g/mol. The second kappa shape index (κ2) is 5.11. The highest BCUT2D eigenvalue weighted by atomic mass is 15.0. The summed E-state index contributed by atoms with van der Waals surface area (Å²) in [6, 6.07) is 18.7. The standard InChI is InChI=1S/C17H16N2/c1-14-7-5-6-10-16(14)11-19-12-17(18-13-19)15-8-3-2-4-9-15/h2-10,12-13H,11H2,1H3. The van der Waals surface area contributed by atoms with Crippen molar-refractivity contribution in [2.45, 2.75) is 13.5 Å². The first-order chi connectivity index (χ1) is 9.33. The normalized spacial score (nSPS) is 10.6. The summed E-state index contributed by atoms with van der Waals surface area (Å²) in [6.45, 7) is 3.01. The molecule has 0 unspecified atom stereocenters. The van der Waals surface area contributed by atoms with Gasteiger partial charge < -0.3 is 4.57 Å². The first kappa shape index (κ1) is 11.7. The molecule has 3 rings (SSSR count). The van der Waals surface area contributed by atoms with Gasteiger partial charge in [-0.15, -0.1) is 0 Å².